The average Bonchev–Trinajstić information content (AvgIpc) is 3.48. The second-order valence-electron chi connectivity index (χ2n) is 9.76. The number of aromatic nitrogens is 2. The number of hydrogen-bond acceptors (Lipinski definition) is 3. The molecule has 0 bridgehead atoms. The number of amides is 1. The van der Waals surface area contributed by atoms with E-state index in [9.17, 15) is 9.90 Å². The van der Waals surface area contributed by atoms with Gasteiger partial charge in [-0.15, -0.1) is 0 Å². The molecular weight excluding hydrogens is 400 g/mol. The number of aryl methyl sites for hydroxylation is 1. The highest BCUT2D eigenvalue weighted by atomic mass is 16.4. The summed E-state index contributed by atoms with van der Waals surface area (Å²) in [5.41, 5.74) is 5.34. The first kappa shape index (κ1) is 19.8. The van der Waals surface area contributed by atoms with Crippen LogP contribution in [0, 0.1) is 11.8 Å². The van der Waals surface area contributed by atoms with Crippen LogP contribution in [0.15, 0.2) is 42.5 Å². The fraction of sp³-hybridized carbons (Fsp3) is 0.462. The van der Waals surface area contributed by atoms with Crippen molar-refractivity contribution in [2.45, 2.75) is 51.1 Å². The first-order valence-electron chi connectivity index (χ1n) is 11.9. The van der Waals surface area contributed by atoms with E-state index in [1.165, 1.54) is 28.8 Å². The van der Waals surface area contributed by atoms with Crippen LogP contribution in [0.1, 0.15) is 49.2 Å². The van der Waals surface area contributed by atoms with Crippen LogP contribution >= 0.6 is 0 Å². The van der Waals surface area contributed by atoms with Crippen molar-refractivity contribution >= 4 is 22.8 Å². The van der Waals surface area contributed by atoms with Gasteiger partial charge in [0, 0.05) is 30.6 Å². The molecule has 6 nitrogen and oxygen atoms in total. The standard InChI is InChI=1S/C26H30N4O2/c1-16-7-9-19-21(29(16)26(31)32)11-12-23-25(19)28-24(13-17-5-3-2-4-6-17)30(23)22-10-8-18-14-27-15-20(18)22/h2-6,11-12,16,18,20,22,27H,7-10,13-15H2,1H3,(H,31,32)/t16-,18?,20?,22?/m0/s1. The monoisotopic (exact) mass is 430 g/mol. The third kappa shape index (κ3) is 3.04. The molecule has 1 aromatic heterocycles. The van der Waals surface area contributed by atoms with E-state index in [2.05, 4.69) is 46.3 Å². The van der Waals surface area contributed by atoms with Gasteiger partial charge in [-0.05, 0) is 68.7 Å². The highest BCUT2D eigenvalue weighted by Crippen LogP contribution is 2.45. The van der Waals surface area contributed by atoms with E-state index in [1.54, 1.807) is 0 Å². The summed E-state index contributed by atoms with van der Waals surface area (Å²) in [5.74, 6) is 2.51. The molecule has 2 aliphatic heterocycles. The van der Waals surface area contributed by atoms with Crippen LogP contribution in [-0.2, 0) is 12.8 Å². The van der Waals surface area contributed by atoms with Crippen molar-refractivity contribution in [2.75, 3.05) is 18.0 Å². The van der Waals surface area contributed by atoms with Gasteiger partial charge >= 0.3 is 6.09 Å². The summed E-state index contributed by atoms with van der Waals surface area (Å²) >= 11 is 0. The maximum Gasteiger partial charge on any atom is 0.412 e. The molecule has 0 spiro atoms. The molecule has 3 aliphatic rings. The van der Waals surface area contributed by atoms with Gasteiger partial charge in [0.15, 0.2) is 0 Å². The average molecular weight is 431 g/mol. The Kier molecular flexibility index (Phi) is 4.72. The molecule has 32 heavy (non-hydrogen) atoms. The van der Waals surface area contributed by atoms with Crippen LogP contribution in [0.4, 0.5) is 10.5 Å². The van der Waals surface area contributed by atoms with Crippen LogP contribution in [-0.4, -0.2) is 39.9 Å². The summed E-state index contributed by atoms with van der Waals surface area (Å²) in [7, 11) is 0. The van der Waals surface area contributed by atoms with E-state index in [0.717, 1.165) is 60.9 Å². The highest BCUT2D eigenvalue weighted by Gasteiger charge is 2.41. The molecule has 1 amide bonds. The highest BCUT2D eigenvalue weighted by molar-refractivity contribution is 5.94. The minimum Gasteiger partial charge on any atom is -0.465 e. The number of hydrogen-bond donors (Lipinski definition) is 2. The van der Waals surface area contributed by atoms with Crippen molar-refractivity contribution in [3.05, 3.63) is 59.4 Å². The first-order valence-corrected chi connectivity index (χ1v) is 11.9. The Morgan fingerprint density at radius 2 is 1.97 bits per heavy atom. The Hall–Kier alpha value is -2.86. The topological polar surface area (TPSA) is 70.4 Å². The molecule has 2 fully saturated rings. The van der Waals surface area contributed by atoms with Crippen LogP contribution in [0.2, 0.25) is 0 Å². The lowest BCUT2D eigenvalue weighted by Crippen LogP contribution is -2.41. The number of nitrogens with zero attached hydrogens (tertiary/aromatic N) is 3. The first-order chi connectivity index (χ1) is 15.6. The quantitative estimate of drug-likeness (QED) is 0.636. The van der Waals surface area contributed by atoms with Crippen molar-refractivity contribution in [2.24, 2.45) is 11.8 Å². The Morgan fingerprint density at radius 1 is 1.12 bits per heavy atom. The maximum atomic E-state index is 12.0. The van der Waals surface area contributed by atoms with E-state index in [0.29, 0.717) is 12.0 Å². The molecule has 3 heterocycles. The summed E-state index contributed by atoms with van der Waals surface area (Å²) in [4.78, 5) is 18.8. The molecular formula is C26H30N4O2. The fourth-order valence-corrected chi connectivity index (χ4v) is 6.45. The van der Waals surface area contributed by atoms with Crippen molar-refractivity contribution in [3.63, 3.8) is 0 Å². The molecule has 4 atom stereocenters. The molecule has 0 radical (unpaired) electrons. The Balaban J connectivity index is 1.52. The third-order valence-corrected chi connectivity index (χ3v) is 7.99. The molecule has 1 aliphatic carbocycles. The molecule has 6 heteroatoms. The number of nitrogens with one attached hydrogen (secondary N) is 1. The predicted molar refractivity (Wildman–Crippen MR) is 125 cm³/mol. The zero-order valence-electron chi connectivity index (χ0n) is 18.5. The number of carboxylic acid groups (broad SMARTS) is 1. The predicted octanol–water partition coefficient (Wildman–Crippen LogP) is 4.62. The lowest BCUT2D eigenvalue weighted by molar-refractivity contribution is 0.198. The third-order valence-electron chi connectivity index (χ3n) is 7.99. The SMILES string of the molecule is C[C@H]1CCc2c(ccc3c2nc(Cc2ccccc2)n3C2CCC3CNCC32)N1C(=O)O. The van der Waals surface area contributed by atoms with E-state index in [-0.39, 0.29) is 6.04 Å². The number of benzene rings is 2. The molecule has 1 saturated carbocycles. The van der Waals surface area contributed by atoms with Crippen LogP contribution < -0.4 is 10.2 Å². The Bertz CT molecular complexity index is 1170. The van der Waals surface area contributed by atoms with Crippen molar-refractivity contribution in [1.29, 1.82) is 0 Å². The molecule has 2 aromatic carbocycles. The second-order valence-corrected chi connectivity index (χ2v) is 9.76. The van der Waals surface area contributed by atoms with Gasteiger partial charge in [-0.1, -0.05) is 30.3 Å². The number of rotatable bonds is 3. The number of anilines is 1. The number of fused-ring (bicyclic) bond motifs is 4. The van der Waals surface area contributed by atoms with Crippen molar-refractivity contribution in [1.82, 2.24) is 14.9 Å². The van der Waals surface area contributed by atoms with Gasteiger partial charge in [0.25, 0.3) is 0 Å². The van der Waals surface area contributed by atoms with Crippen LogP contribution in [0.25, 0.3) is 11.0 Å². The second kappa shape index (κ2) is 7.62. The maximum absolute atomic E-state index is 12.0. The molecule has 6 rings (SSSR count). The van der Waals surface area contributed by atoms with E-state index in [4.69, 9.17) is 4.98 Å². The zero-order chi connectivity index (χ0) is 21.8. The van der Waals surface area contributed by atoms with Gasteiger partial charge < -0.3 is 15.0 Å². The van der Waals surface area contributed by atoms with Gasteiger partial charge in [-0.25, -0.2) is 9.78 Å². The van der Waals surface area contributed by atoms with Gasteiger partial charge in [0.2, 0.25) is 0 Å². The van der Waals surface area contributed by atoms with E-state index in [1.807, 2.05) is 13.0 Å². The number of carbonyl (C=O) groups is 1. The normalized spacial score (nSPS) is 27.0. The van der Waals surface area contributed by atoms with Crippen LogP contribution in [0.3, 0.4) is 0 Å². The Morgan fingerprint density at radius 3 is 2.78 bits per heavy atom. The lowest BCUT2D eigenvalue weighted by atomic mass is 9.95. The molecule has 166 valence electrons. The largest absolute Gasteiger partial charge is 0.465 e. The van der Waals surface area contributed by atoms with Crippen molar-refractivity contribution < 1.29 is 9.90 Å². The molecule has 3 unspecified atom stereocenters. The summed E-state index contributed by atoms with van der Waals surface area (Å²) in [5, 5.41) is 13.5. The molecule has 3 aromatic rings. The van der Waals surface area contributed by atoms with Gasteiger partial charge in [0.05, 0.1) is 16.7 Å². The summed E-state index contributed by atoms with van der Waals surface area (Å²) in [6.45, 7) is 4.20. The van der Waals surface area contributed by atoms with Crippen LogP contribution in [0.5, 0.6) is 0 Å². The zero-order valence-corrected chi connectivity index (χ0v) is 18.5. The molecule has 2 N–H and O–H groups in total. The van der Waals surface area contributed by atoms with Gasteiger partial charge in [-0.2, -0.15) is 0 Å². The Labute approximate surface area is 188 Å². The van der Waals surface area contributed by atoms with Crippen molar-refractivity contribution in [3.8, 4) is 0 Å². The summed E-state index contributed by atoms with van der Waals surface area (Å²) in [6, 6.07) is 15.1. The molecule has 1 saturated heterocycles. The summed E-state index contributed by atoms with van der Waals surface area (Å²) < 4.78 is 2.52. The van der Waals surface area contributed by atoms with E-state index >= 15 is 0 Å². The van der Waals surface area contributed by atoms with Gasteiger partial charge in [-0.3, -0.25) is 4.90 Å². The lowest BCUT2D eigenvalue weighted by Gasteiger charge is -2.33. The van der Waals surface area contributed by atoms with E-state index < -0.39 is 6.09 Å². The number of imidazole rings is 1. The van der Waals surface area contributed by atoms with Gasteiger partial charge in [0.1, 0.15) is 5.82 Å². The fourth-order valence-electron chi connectivity index (χ4n) is 6.45. The minimum atomic E-state index is -0.877. The smallest absolute Gasteiger partial charge is 0.412 e. The summed E-state index contributed by atoms with van der Waals surface area (Å²) in [6.07, 6.45) is 4.08. The minimum absolute atomic E-state index is 0.0107.